The first-order chi connectivity index (χ1) is 3.72. The Balaban J connectivity index is 3.29. The Bertz CT molecular complexity index is 51.2. The maximum Gasteiger partial charge on any atom is 0.103 e. The van der Waals surface area contributed by atoms with E-state index in [1.807, 2.05) is 0 Å². The SMILES string of the molecule is OCC(O)C(O)CP. The molecular formula is C4H11O3P. The molecule has 0 aliphatic rings. The fourth-order valence-corrected chi connectivity index (χ4v) is 0.593. The molecule has 4 heteroatoms. The fourth-order valence-electron chi connectivity index (χ4n) is 0.279. The van der Waals surface area contributed by atoms with Gasteiger partial charge in [-0.25, -0.2) is 0 Å². The molecule has 0 radical (unpaired) electrons. The predicted molar refractivity (Wildman–Crippen MR) is 33.7 cm³/mol. The number of hydrogen-bond donors (Lipinski definition) is 3. The van der Waals surface area contributed by atoms with Gasteiger partial charge in [0.2, 0.25) is 0 Å². The molecule has 0 rings (SSSR count). The average molecular weight is 138 g/mol. The standard InChI is InChI=1S/C4H11O3P/c5-1-3(6)4(7)2-8/h3-7H,1-2,8H2. The van der Waals surface area contributed by atoms with Crippen LogP contribution in [0.1, 0.15) is 0 Å². The molecule has 0 spiro atoms. The van der Waals surface area contributed by atoms with Gasteiger partial charge >= 0.3 is 0 Å². The second-order valence-corrected chi connectivity index (χ2v) is 2.02. The molecule has 8 heavy (non-hydrogen) atoms. The summed E-state index contributed by atoms with van der Waals surface area (Å²) in [5, 5.41) is 25.5. The minimum atomic E-state index is -0.993. The van der Waals surface area contributed by atoms with Crippen LogP contribution in [0.2, 0.25) is 0 Å². The van der Waals surface area contributed by atoms with Crippen molar-refractivity contribution in [2.75, 3.05) is 12.8 Å². The van der Waals surface area contributed by atoms with E-state index in [0.29, 0.717) is 6.16 Å². The van der Waals surface area contributed by atoms with Gasteiger partial charge < -0.3 is 15.3 Å². The third-order valence-electron chi connectivity index (χ3n) is 0.873. The van der Waals surface area contributed by atoms with E-state index in [0.717, 1.165) is 0 Å². The van der Waals surface area contributed by atoms with Crippen LogP contribution < -0.4 is 0 Å². The van der Waals surface area contributed by atoms with Crippen molar-refractivity contribution in [1.82, 2.24) is 0 Å². The topological polar surface area (TPSA) is 60.7 Å². The maximum absolute atomic E-state index is 8.70. The van der Waals surface area contributed by atoms with Crippen molar-refractivity contribution in [2.24, 2.45) is 0 Å². The second-order valence-electron chi connectivity index (χ2n) is 1.55. The first kappa shape index (κ1) is 8.31. The number of rotatable bonds is 3. The van der Waals surface area contributed by atoms with Gasteiger partial charge in [-0.1, -0.05) is 0 Å². The summed E-state index contributed by atoms with van der Waals surface area (Å²) in [4.78, 5) is 0. The van der Waals surface area contributed by atoms with Crippen LogP contribution in [-0.2, 0) is 0 Å². The van der Waals surface area contributed by atoms with Gasteiger partial charge in [0.15, 0.2) is 0 Å². The van der Waals surface area contributed by atoms with Crippen LogP contribution in [0.5, 0.6) is 0 Å². The van der Waals surface area contributed by atoms with Crippen LogP contribution >= 0.6 is 9.24 Å². The van der Waals surface area contributed by atoms with Gasteiger partial charge in [0.1, 0.15) is 6.10 Å². The Labute approximate surface area is 50.5 Å². The molecule has 3 unspecified atom stereocenters. The summed E-state index contributed by atoms with van der Waals surface area (Å²) in [6.07, 6.45) is -1.42. The summed E-state index contributed by atoms with van der Waals surface area (Å²) < 4.78 is 0. The van der Waals surface area contributed by atoms with Crippen molar-refractivity contribution < 1.29 is 15.3 Å². The van der Waals surface area contributed by atoms with Crippen LogP contribution in [0.25, 0.3) is 0 Å². The van der Waals surface area contributed by atoms with Crippen molar-refractivity contribution in [1.29, 1.82) is 0 Å². The Hall–Kier alpha value is 0.310. The molecule has 0 aliphatic carbocycles. The molecule has 0 aromatic heterocycles. The Morgan fingerprint density at radius 2 is 1.75 bits per heavy atom. The lowest BCUT2D eigenvalue weighted by atomic mass is 10.2. The van der Waals surface area contributed by atoms with Crippen LogP contribution in [0.3, 0.4) is 0 Å². The lowest BCUT2D eigenvalue weighted by molar-refractivity contribution is -0.00199. The largest absolute Gasteiger partial charge is 0.394 e. The van der Waals surface area contributed by atoms with Gasteiger partial charge in [-0.05, 0) is 6.16 Å². The zero-order chi connectivity index (χ0) is 6.57. The first-order valence-corrected chi connectivity index (χ1v) is 3.21. The number of aliphatic hydroxyl groups excluding tert-OH is 3. The molecule has 3 atom stereocenters. The first-order valence-electron chi connectivity index (χ1n) is 2.39. The molecule has 0 saturated heterocycles. The van der Waals surface area contributed by atoms with E-state index in [2.05, 4.69) is 9.24 Å². The third kappa shape index (κ3) is 2.58. The highest BCUT2D eigenvalue weighted by atomic mass is 31.0. The quantitative estimate of drug-likeness (QED) is 0.419. The molecule has 0 bridgehead atoms. The van der Waals surface area contributed by atoms with Gasteiger partial charge in [-0.2, -0.15) is 0 Å². The highest BCUT2D eigenvalue weighted by molar-refractivity contribution is 7.16. The molecule has 50 valence electrons. The molecule has 0 saturated carbocycles. The molecular weight excluding hydrogens is 127 g/mol. The van der Waals surface area contributed by atoms with Gasteiger partial charge in [0, 0.05) is 0 Å². The highest BCUT2D eigenvalue weighted by Crippen LogP contribution is 1.95. The molecule has 3 N–H and O–H groups in total. The van der Waals surface area contributed by atoms with E-state index in [9.17, 15) is 0 Å². The van der Waals surface area contributed by atoms with Crippen molar-refractivity contribution in [3.8, 4) is 0 Å². The van der Waals surface area contributed by atoms with E-state index in [-0.39, 0.29) is 6.61 Å². The summed E-state index contributed by atoms with van der Waals surface area (Å²) in [5.41, 5.74) is 0. The smallest absolute Gasteiger partial charge is 0.103 e. The summed E-state index contributed by atoms with van der Waals surface area (Å²) in [7, 11) is 2.27. The molecule has 0 amide bonds. The monoisotopic (exact) mass is 138 g/mol. The van der Waals surface area contributed by atoms with Gasteiger partial charge in [-0.15, -0.1) is 9.24 Å². The summed E-state index contributed by atoms with van der Waals surface area (Å²) in [6.45, 7) is -0.379. The molecule has 0 aliphatic heterocycles. The molecule has 0 aromatic carbocycles. The van der Waals surface area contributed by atoms with Crippen molar-refractivity contribution in [3.05, 3.63) is 0 Å². The lowest BCUT2D eigenvalue weighted by Crippen LogP contribution is -2.30. The zero-order valence-electron chi connectivity index (χ0n) is 4.49. The molecule has 0 fully saturated rings. The van der Waals surface area contributed by atoms with E-state index >= 15 is 0 Å². The predicted octanol–water partition coefficient (Wildman–Crippen LogP) is -1.42. The minimum Gasteiger partial charge on any atom is -0.394 e. The molecule has 3 nitrogen and oxygen atoms in total. The molecule has 0 aromatic rings. The Morgan fingerprint density at radius 1 is 1.25 bits per heavy atom. The van der Waals surface area contributed by atoms with Crippen molar-refractivity contribution in [3.63, 3.8) is 0 Å². The van der Waals surface area contributed by atoms with E-state index in [4.69, 9.17) is 15.3 Å². The summed E-state index contributed by atoms with van der Waals surface area (Å²) in [6, 6.07) is 0. The van der Waals surface area contributed by atoms with Crippen LogP contribution in [0.15, 0.2) is 0 Å². The third-order valence-corrected chi connectivity index (χ3v) is 1.36. The average Bonchev–Trinajstić information content (AvgIpc) is 1.84. The normalized spacial score (nSPS) is 18.0. The van der Waals surface area contributed by atoms with Crippen molar-refractivity contribution in [2.45, 2.75) is 12.2 Å². The van der Waals surface area contributed by atoms with Gasteiger partial charge in [-0.3, -0.25) is 0 Å². The minimum absolute atomic E-state index is 0.379. The second kappa shape index (κ2) is 4.21. The highest BCUT2D eigenvalue weighted by Gasteiger charge is 2.11. The summed E-state index contributed by atoms with van der Waals surface area (Å²) >= 11 is 0. The maximum atomic E-state index is 8.70. The number of aliphatic hydroxyl groups is 3. The van der Waals surface area contributed by atoms with Gasteiger partial charge in [0.25, 0.3) is 0 Å². The lowest BCUT2D eigenvalue weighted by Gasteiger charge is -2.11. The van der Waals surface area contributed by atoms with E-state index in [1.165, 1.54) is 0 Å². The number of hydrogen-bond acceptors (Lipinski definition) is 3. The fraction of sp³-hybridized carbons (Fsp3) is 1.00. The van der Waals surface area contributed by atoms with Crippen LogP contribution in [-0.4, -0.2) is 40.3 Å². The van der Waals surface area contributed by atoms with Crippen molar-refractivity contribution >= 4 is 9.24 Å². The Kier molecular flexibility index (Phi) is 4.38. The Morgan fingerprint density at radius 3 is 1.88 bits per heavy atom. The van der Waals surface area contributed by atoms with E-state index < -0.39 is 12.2 Å². The van der Waals surface area contributed by atoms with Gasteiger partial charge in [0.05, 0.1) is 12.7 Å². The van der Waals surface area contributed by atoms with E-state index in [1.54, 1.807) is 0 Å². The molecule has 0 heterocycles. The zero-order valence-corrected chi connectivity index (χ0v) is 5.64. The summed E-state index contributed by atoms with van der Waals surface area (Å²) in [5.74, 6) is 0. The van der Waals surface area contributed by atoms with Crippen LogP contribution in [0, 0.1) is 0 Å². The van der Waals surface area contributed by atoms with Crippen LogP contribution in [0.4, 0.5) is 0 Å².